The van der Waals surface area contributed by atoms with Crippen LogP contribution in [0.25, 0.3) is 0 Å². The predicted molar refractivity (Wildman–Crippen MR) is 80.0 cm³/mol. The number of allylic oxidation sites excluding steroid dienone is 1. The Hall–Kier alpha value is -0.260. The molecule has 0 nitrogen and oxygen atoms in total. The number of hydrogen-bond acceptors (Lipinski definition) is 0. The minimum atomic E-state index is 0.872. The van der Waals surface area contributed by atoms with Gasteiger partial charge in [0.05, 0.1) is 0 Å². The summed E-state index contributed by atoms with van der Waals surface area (Å²) in [5.41, 5.74) is 1.25. The summed E-state index contributed by atoms with van der Waals surface area (Å²) in [7, 11) is 0. The SMILES string of the molecule is C=C(C)CC.CC.CCCCC(C)C(C)C. The van der Waals surface area contributed by atoms with Crippen LogP contribution >= 0.6 is 0 Å². The molecule has 1 atom stereocenters. The maximum atomic E-state index is 3.67. The molecule has 0 aliphatic rings. The Kier molecular flexibility index (Phi) is 22.6. The first-order valence-corrected chi connectivity index (χ1v) is 7.09. The number of rotatable bonds is 5. The largest absolute Gasteiger partial charge is 0.100 e. The van der Waals surface area contributed by atoms with Crippen LogP contribution in [0.5, 0.6) is 0 Å². The molecule has 0 saturated carbocycles. The van der Waals surface area contributed by atoms with Gasteiger partial charge in [-0.2, -0.15) is 0 Å². The van der Waals surface area contributed by atoms with E-state index in [0.717, 1.165) is 18.3 Å². The van der Waals surface area contributed by atoms with Crippen LogP contribution in [0, 0.1) is 11.8 Å². The summed E-state index contributed by atoms with van der Waals surface area (Å²) in [5, 5.41) is 0. The van der Waals surface area contributed by atoms with Gasteiger partial charge in [-0.1, -0.05) is 73.3 Å². The molecule has 100 valence electrons. The first kappa shape index (κ1) is 21.1. The maximum absolute atomic E-state index is 3.67. The second-order valence-electron chi connectivity index (χ2n) is 4.67. The van der Waals surface area contributed by atoms with Crippen LogP contribution in [0.15, 0.2) is 12.2 Å². The topological polar surface area (TPSA) is 0 Å². The van der Waals surface area contributed by atoms with Crippen LogP contribution < -0.4 is 0 Å². The third-order valence-electron chi connectivity index (χ3n) is 2.75. The van der Waals surface area contributed by atoms with Crippen LogP contribution in [-0.2, 0) is 0 Å². The van der Waals surface area contributed by atoms with Crippen LogP contribution in [0.2, 0.25) is 0 Å². The molecule has 0 fully saturated rings. The van der Waals surface area contributed by atoms with Crippen LogP contribution in [-0.4, -0.2) is 0 Å². The number of hydrogen-bond donors (Lipinski definition) is 0. The van der Waals surface area contributed by atoms with Crippen molar-refractivity contribution >= 4 is 0 Å². The molecule has 1 unspecified atom stereocenters. The zero-order valence-electron chi connectivity index (χ0n) is 13.2. The molecule has 0 aliphatic carbocycles. The van der Waals surface area contributed by atoms with E-state index in [1.165, 1.54) is 24.8 Å². The molecular weight excluding hydrogens is 192 g/mol. The molecule has 0 bridgehead atoms. The Morgan fingerprint density at radius 2 is 1.44 bits per heavy atom. The Morgan fingerprint density at radius 3 is 1.62 bits per heavy atom. The summed E-state index contributed by atoms with van der Waals surface area (Å²) in [5.74, 6) is 1.79. The molecule has 0 spiro atoms. The number of unbranched alkanes of at least 4 members (excludes halogenated alkanes) is 1. The molecule has 0 rings (SSSR count). The molecule has 0 amide bonds. The van der Waals surface area contributed by atoms with E-state index in [2.05, 4.69) is 41.2 Å². The van der Waals surface area contributed by atoms with Crippen molar-refractivity contribution in [2.45, 2.75) is 81.1 Å². The van der Waals surface area contributed by atoms with Crippen molar-refractivity contribution in [3.63, 3.8) is 0 Å². The average Bonchev–Trinajstić information content (AvgIpc) is 2.29. The lowest BCUT2D eigenvalue weighted by Crippen LogP contribution is -2.02. The van der Waals surface area contributed by atoms with Crippen molar-refractivity contribution in [3.8, 4) is 0 Å². The Labute approximate surface area is 106 Å². The quantitative estimate of drug-likeness (QED) is 0.473. The van der Waals surface area contributed by atoms with E-state index in [-0.39, 0.29) is 0 Å². The summed E-state index contributed by atoms with van der Waals surface area (Å²) >= 11 is 0. The van der Waals surface area contributed by atoms with Gasteiger partial charge in [0.2, 0.25) is 0 Å². The summed E-state index contributed by atoms with van der Waals surface area (Å²) in [6, 6.07) is 0. The van der Waals surface area contributed by atoms with Gasteiger partial charge in [-0.05, 0) is 25.2 Å². The zero-order valence-corrected chi connectivity index (χ0v) is 13.2. The molecule has 0 aromatic heterocycles. The minimum absolute atomic E-state index is 0.872. The lowest BCUT2D eigenvalue weighted by atomic mass is 9.93. The van der Waals surface area contributed by atoms with Gasteiger partial charge in [0.1, 0.15) is 0 Å². The zero-order chi connectivity index (χ0) is 13.6. The first-order chi connectivity index (χ1) is 7.45. The summed E-state index contributed by atoms with van der Waals surface area (Å²) in [4.78, 5) is 0. The second kappa shape index (κ2) is 17.1. The van der Waals surface area contributed by atoms with E-state index in [0.29, 0.717) is 0 Å². The molecule has 0 aliphatic heterocycles. The fourth-order valence-corrected chi connectivity index (χ4v) is 0.859. The van der Waals surface area contributed by atoms with Crippen LogP contribution in [0.3, 0.4) is 0 Å². The predicted octanol–water partition coefficient (Wildman–Crippen LogP) is 6.47. The minimum Gasteiger partial charge on any atom is -0.100 e. The van der Waals surface area contributed by atoms with Gasteiger partial charge in [0.15, 0.2) is 0 Å². The van der Waals surface area contributed by atoms with Gasteiger partial charge >= 0.3 is 0 Å². The van der Waals surface area contributed by atoms with E-state index in [1.54, 1.807) is 0 Å². The molecule has 0 heterocycles. The van der Waals surface area contributed by atoms with E-state index in [1.807, 2.05) is 20.8 Å². The van der Waals surface area contributed by atoms with Crippen molar-refractivity contribution in [2.75, 3.05) is 0 Å². The van der Waals surface area contributed by atoms with Crippen molar-refractivity contribution < 1.29 is 0 Å². The van der Waals surface area contributed by atoms with Gasteiger partial charge < -0.3 is 0 Å². The molecule has 0 aromatic rings. The molecular formula is C16H36. The van der Waals surface area contributed by atoms with Gasteiger partial charge in [-0.3, -0.25) is 0 Å². The lowest BCUT2D eigenvalue weighted by Gasteiger charge is -2.13. The summed E-state index contributed by atoms with van der Waals surface area (Å²) in [6.45, 7) is 21.0. The van der Waals surface area contributed by atoms with Crippen molar-refractivity contribution in [1.82, 2.24) is 0 Å². The van der Waals surface area contributed by atoms with E-state index < -0.39 is 0 Å². The van der Waals surface area contributed by atoms with E-state index in [9.17, 15) is 0 Å². The standard InChI is InChI=1S/C9H20.C5H10.C2H6/c1-5-6-7-9(4)8(2)3;1-4-5(2)3;1-2/h8-9H,5-7H2,1-4H3;2,4H2,1,3H3;1-2H3. The highest BCUT2D eigenvalue weighted by atomic mass is 14.1. The second-order valence-corrected chi connectivity index (χ2v) is 4.67. The third-order valence-corrected chi connectivity index (χ3v) is 2.75. The van der Waals surface area contributed by atoms with Gasteiger partial charge in [-0.25, -0.2) is 0 Å². The van der Waals surface area contributed by atoms with E-state index >= 15 is 0 Å². The van der Waals surface area contributed by atoms with Gasteiger partial charge in [0, 0.05) is 0 Å². The van der Waals surface area contributed by atoms with Crippen molar-refractivity contribution in [1.29, 1.82) is 0 Å². The fraction of sp³-hybridized carbons (Fsp3) is 0.875. The Bertz CT molecular complexity index is 122. The summed E-state index contributed by atoms with van der Waals surface area (Å²) in [6.07, 6.45) is 5.27. The first-order valence-electron chi connectivity index (χ1n) is 7.09. The average molecular weight is 228 g/mol. The van der Waals surface area contributed by atoms with Crippen LogP contribution in [0.1, 0.15) is 81.1 Å². The Balaban J connectivity index is -0.000000205. The monoisotopic (exact) mass is 228 g/mol. The van der Waals surface area contributed by atoms with Crippen molar-refractivity contribution in [2.24, 2.45) is 11.8 Å². The highest BCUT2D eigenvalue weighted by molar-refractivity contribution is 4.84. The van der Waals surface area contributed by atoms with Crippen molar-refractivity contribution in [3.05, 3.63) is 12.2 Å². The normalized spacial score (nSPS) is 10.8. The molecule has 0 aromatic carbocycles. The highest BCUT2D eigenvalue weighted by Gasteiger charge is 2.04. The smallest absolute Gasteiger partial charge is 0.0354 e. The molecule has 0 radical (unpaired) electrons. The molecule has 0 saturated heterocycles. The maximum Gasteiger partial charge on any atom is -0.0354 e. The molecule has 0 heteroatoms. The Morgan fingerprint density at radius 1 is 1.06 bits per heavy atom. The van der Waals surface area contributed by atoms with Gasteiger partial charge in [-0.15, -0.1) is 6.58 Å². The van der Waals surface area contributed by atoms with Crippen LogP contribution in [0.4, 0.5) is 0 Å². The molecule has 0 N–H and O–H groups in total. The lowest BCUT2D eigenvalue weighted by molar-refractivity contribution is 0.381. The fourth-order valence-electron chi connectivity index (χ4n) is 0.859. The highest BCUT2D eigenvalue weighted by Crippen LogP contribution is 2.16. The third kappa shape index (κ3) is 23.5. The summed E-state index contributed by atoms with van der Waals surface area (Å²) < 4.78 is 0. The van der Waals surface area contributed by atoms with Gasteiger partial charge in [0.25, 0.3) is 0 Å². The van der Waals surface area contributed by atoms with E-state index in [4.69, 9.17) is 0 Å². The molecule has 16 heavy (non-hydrogen) atoms.